The van der Waals surface area contributed by atoms with Crippen LogP contribution < -0.4 is 5.32 Å². The van der Waals surface area contributed by atoms with Gasteiger partial charge in [-0.15, -0.1) is 10.2 Å². The molecule has 1 aromatic heterocycles. The molecule has 0 bridgehead atoms. The third kappa shape index (κ3) is 2.19. The molecule has 0 saturated heterocycles. The van der Waals surface area contributed by atoms with Crippen molar-refractivity contribution >= 4 is 29.0 Å². The Balaban J connectivity index is 2.92. The summed E-state index contributed by atoms with van der Waals surface area (Å²) < 4.78 is 0. The maximum atomic E-state index is 5.78. The number of nitrogens with one attached hydrogen (secondary N) is 1. The van der Waals surface area contributed by atoms with Crippen LogP contribution in [0.2, 0.25) is 10.2 Å². The third-order valence-corrected chi connectivity index (χ3v) is 1.81. The minimum atomic E-state index is 0.162. The first kappa shape index (κ1) is 9.48. The monoisotopic (exact) mass is 206 g/mol. The van der Waals surface area contributed by atoms with Crippen molar-refractivity contribution in [2.75, 3.05) is 5.32 Å². The Kier molecular flexibility index (Phi) is 3.05. The van der Waals surface area contributed by atoms with Gasteiger partial charge in [-0.1, -0.05) is 23.2 Å². The Bertz CT molecular complexity index is 276. The van der Waals surface area contributed by atoms with E-state index in [1.165, 1.54) is 0 Å². The van der Waals surface area contributed by atoms with Crippen molar-refractivity contribution < 1.29 is 0 Å². The molecule has 0 spiro atoms. The summed E-state index contributed by atoms with van der Waals surface area (Å²) in [6.45, 7) is 3.93. The molecule has 12 heavy (non-hydrogen) atoms. The second-order valence-electron chi connectivity index (χ2n) is 2.54. The average molecular weight is 207 g/mol. The van der Waals surface area contributed by atoms with Crippen LogP contribution in [0.15, 0.2) is 0 Å². The molecule has 0 fully saturated rings. The fraction of sp³-hybridized carbons (Fsp3) is 0.500. The normalized spacial score (nSPS) is 10.4. The van der Waals surface area contributed by atoms with Crippen molar-refractivity contribution in [3.05, 3.63) is 10.2 Å². The van der Waals surface area contributed by atoms with Gasteiger partial charge in [0.15, 0.2) is 11.0 Å². The molecule has 0 saturated carbocycles. The lowest BCUT2D eigenvalue weighted by molar-refractivity contribution is 0.829. The van der Waals surface area contributed by atoms with Gasteiger partial charge in [0.1, 0.15) is 5.02 Å². The van der Waals surface area contributed by atoms with Crippen LogP contribution in [0, 0.1) is 0 Å². The molecule has 4 nitrogen and oxygen atoms in total. The first-order chi connectivity index (χ1) is 5.61. The number of anilines is 1. The minimum absolute atomic E-state index is 0.162. The van der Waals surface area contributed by atoms with E-state index in [0.717, 1.165) is 0 Å². The molecule has 0 aliphatic heterocycles. The van der Waals surface area contributed by atoms with Gasteiger partial charge in [-0.25, -0.2) is 0 Å². The summed E-state index contributed by atoms with van der Waals surface area (Å²) in [6.07, 6.45) is 0. The highest BCUT2D eigenvalue weighted by atomic mass is 35.5. The summed E-state index contributed by atoms with van der Waals surface area (Å²) >= 11 is 11.4. The van der Waals surface area contributed by atoms with E-state index in [0.29, 0.717) is 10.8 Å². The van der Waals surface area contributed by atoms with Gasteiger partial charge >= 0.3 is 0 Å². The van der Waals surface area contributed by atoms with Crippen LogP contribution in [-0.4, -0.2) is 21.5 Å². The number of nitrogens with zero attached hydrogens (tertiary/aromatic N) is 3. The van der Waals surface area contributed by atoms with E-state index in [1.807, 2.05) is 13.8 Å². The van der Waals surface area contributed by atoms with Crippen molar-refractivity contribution in [3.63, 3.8) is 0 Å². The molecule has 0 radical (unpaired) electrons. The predicted octanol–water partition coefficient (Wildman–Crippen LogP) is 2.00. The van der Waals surface area contributed by atoms with Gasteiger partial charge in [0.05, 0.1) is 0 Å². The SMILES string of the molecule is CC(C)Nc1nnnc(Cl)c1Cl. The lowest BCUT2D eigenvalue weighted by Gasteiger charge is -2.08. The van der Waals surface area contributed by atoms with Crippen LogP contribution in [-0.2, 0) is 0 Å². The van der Waals surface area contributed by atoms with Gasteiger partial charge < -0.3 is 5.32 Å². The average Bonchev–Trinajstić information content (AvgIpc) is 1.98. The van der Waals surface area contributed by atoms with E-state index in [9.17, 15) is 0 Å². The van der Waals surface area contributed by atoms with E-state index in [2.05, 4.69) is 20.7 Å². The maximum absolute atomic E-state index is 5.78. The maximum Gasteiger partial charge on any atom is 0.175 e. The highest BCUT2D eigenvalue weighted by Crippen LogP contribution is 2.24. The van der Waals surface area contributed by atoms with E-state index in [4.69, 9.17) is 23.2 Å². The van der Waals surface area contributed by atoms with Crippen LogP contribution in [0.1, 0.15) is 13.8 Å². The van der Waals surface area contributed by atoms with Gasteiger partial charge in [-0.2, -0.15) is 0 Å². The molecule has 1 aromatic rings. The van der Waals surface area contributed by atoms with Crippen LogP contribution in [0.5, 0.6) is 0 Å². The lowest BCUT2D eigenvalue weighted by Crippen LogP contribution is -2.12. The molecule has 0 aromatic carbocycles. The molecule has 0 aliphatic rings. The third-order valence-electron chi connectivity index (χ3n) is 1.09. The molecule has 1 rings (SSSR count). The smallest absolute Gasteiger partial charge is 0.175 e. The molecule has 0 aliphatic carbocycles. The second kappa shape index (κ2) is 3.87. The first-order valence-electron chi connectivity index (χ1n) is 3.42. The van der Waals surface area contributed by atoms with Gasteiger partial charge in [0, 0.05) is 6.04 Å². The van der Waals surface area contributed by atoms with Crippen molar-refractivity contribution in [1.29, 1.82) is 0 Å². The molecule has 6 heteroatoms. The van der Waals surface area contributed by atoms with Crippen molar-refractivity contribution in [1.82, 2.24) is 15.4 Å². The zero-order valence-corrected chi connectivity index (χ0v) is 8.19. The summed E-state index contributed by atoms with van der Waals surface area (Å²) in [4.78, 5) is 0. The number of hydrogen-bond donors (Lipinski definition) is 1. The van der Waals surface area contributed by atoms with Crippen LogP contribution in [0.3, 0.4) is 0 Å². The predicted molar refractivity (Wildman–Crippen MR) is 48.6 cm³/mol. The highest BCUT2D eigenvalue weighted by Gasteiger charge is 2.08. The molecular formula is C6H8Cl2N4. The van der Waals surface area contributed by atoms with Crippen LogP contribution in [0.4, 0.5) is 5.82 Å². The van der Waals surface area contributed by atoms with E-state index in [-0.39, 0.29) is 11.2 Å². The van der Waals surface area contributed by atoms with Crippen molar-refractivity contribution in [3.8, 4) is 0 Å². The Morgan fingerprint density at radius 2 is 1.92 bits per heavy atom. The molecule has 66 valence electrons. The number of halogens is 2. The van der Waals surface area contributed by atoms with E-state index < -0.39 is 0 Å². The second-order valence-corrected chi connectivity index (χ2v) is 3.28. The minimum Gasteiger partial charge on any atom is -0.365 e. The highest BCUT2D eigenvalue weighted by molar-refractivity contribution is 6.42. The Morgan fingerprint density at radius 3 is 2.50 bits per heavy atom. The van der Waals surface area contributed by atoms with Gasteiger partial charge in [0.2, 0.25) is 0 Å². The lowest BCUT2D eigenvalue weighted by atomic mass is 10.4. The molecule has 1 heterocycles. The standard InChI is InChI=1S/C6H8Cl2N4/c1-3(2)9-6-4(7)5(8)10-12-11-6/h3H,1-2H3,(H,9,10,11). The van der Waals surface area contributed by atoms with Crippen LogP contribution >= 0.6 is 23.2 Å². The van der Waals surface area contributed by atoms with Gasteiger partial charge in [0.25, 0.3) is 0 Å². The molecule has 0 amide bonds. The van der Waals surface area contributed by atoms with Gasteiger partial charge in [-0.05, 0) is 19.1 Å². The molecular weight excluding hydrogens is 199 g/mol. The molecule has 0 atom stereocenters. The fourth-order valence-corrected chi connectivity index (χ4v) is 0.911. The van der Waals surface area contributed by atoms with Crippen LogP contribution in [0.25, 0.3) is 0 Å². The first-order valence-corrected chi connectivity index (χ1v) is 4.17. The van der Waals surface area contributed by atoms with E-state index in [1.54, 1.807) is 0 Å². The summed E-state index contributed by atoms with van der Waals surface area (Å²) in [5.74, 6) is 0.465. The number of rotatable bonds is 2. The molecule has 0 unspecified atom stereocenters. The fourth-order valence-electron chi connectivity index (χ4n) is 0.658. The summed E-state index contributed by atoms with van der Waals surface area (Å²) in [5.41, 5.74) is 0. The zero-order valence-electron chi connectivity index (χ0n) is 6.67. The number of hydrogen-bond acceptors (Lipinski definition) is 4. The summed E-state index contributed by atoms with van der Waals surface area (Å²) in [7, 11) is 0. The Hall–Kier alpha value is -0.610. The van der Waals surface area contributed by atoms with Crippen molar-refractivity contribution in [2.45, 2.75) is 19.9 Å². The quantitative estimate of drug-likeness (QED) is 0.805. The van der Waals surface area contributed by atoms with Gasteiger partial charge in [-0.3, -0.25) is 0 Å². The summed E-state index contributed by atoms with van der Waals surface area (Å²) in [5, 5.41) is 14.0. The topological polar surface area (TPSA) is 50.7 Å². The number of aromatic nitrogens is 3. The summed E-state index contributed by atoms with van der Waals surface area (Å²) in [6, 6.07) is 0.232. The Morgan fingerprint density at radius 1 is 1.25 bits per heavy atom. The molecule has 1 N–H and O–H groups in total. The largest absolute Gasteiger partial charge is 0.365 e. The zero-order chi connectivity index (χ0) is 9.14. The Labute approximate surface area is 80.3 Å². The van der Waals surface area contributed by atoms with Crippen molar-refractivity contribution in [2.24, 2.45) is 0 Å². The van der Waals surface area contributed by atoms with E-state index >= 15 is 0 Å².